The van der Waals surface area contributed by atoms with E-state index in [-0.39, 0.29) is 18.3 Å². The van der Waals surface area contributed by atoms with Crippen molar-refractivity contribution in [2.24, 2.45) is 0 Å². The van der Waals surface area contributed by atoms with Crippen molar-refractivity contribution in [1.82, 2.24) is 10.2 Å². The summed E-state index contributed by atoms with van der Waals surface area (Å²) in [5.74, 6) is -0.400. The first kappa shape index (κ1) is 15.5. The Labute approximate surface area is 125 Å². The summed E-state index contributed by atoms with van der Waals surface area (Å²) in [6.45, 7) is 4.38. The highest BCUT2D eigenvalue weighted by Gasteiger charge is 2.31. The zero-order chi connectivity index (χ0) is 15.1. The minimum absolute atomic E-state index is 0.0920. The fraction of sp³-hybridized carbons (Fsp3) is 0.500. The van der Waals surface area contributed by atoms with E-state index in [4.69, 9.17) is 4.74 Å². The van der Waals surface area contributed by atoms with Crippen LogP contribution in [0.25, 0.3) is 0 Å². The number of piperazine rings is 1. The number of benzene rings is 1. The average Bonchev–Trinajstić information content (AvgIpc) is 2.50. The van der Waals surface area contributed by atoms with Crippen molar-refractivity contribution in [2.75, 3.05) is 19.7 Å². The van der Waals surface area contributed by atoms with Gasteiger partial charge in [0.2, 0.25) is 5.91 Å². The van der Waals surface area contributed by atoms with E-state index in [9.17, 15) is 9.59 Å². The fourth-order valence-electron chi connectivity index (χ4n) is 2.42. The Morgan fingerprint density at radius 2 is 2.14 bits per heavy atom. The van der Waals surface area contributed by atoms with Gasteiger partial charge in [-0.15, -0.1) is 0 Å². The summed E-state index contributed by atoms with van der Waals surface area (Å²) in [6, 6.07) is 9.53. The summed E-state index contributed by atoms with van der Waals surface area (Å²) < 4.78 is 5.10. The Morgan fingerprint density at radius 1 is 1.38 bits per heavy atom. The lowest BCUT2D eigenvalue weighted by Gasteiger charge is -2.34. The molecule has 1 amide bonds. The Kier molecular flexibility index (Phi) is 5.75. The molecule has 0 unspecified atom stereocenters. The van der Waals surface area contributed by atoms with Crippen molar-refractivity contribution in [3.63, 3.8) is 0 Å². The second-order valence-corrected chi connectivity index (χ2v) is 5.19. The first-order valence-corrected chi connectivity index (χ1v) is 7.42. The molecule has 0 saturated carbocycles. The van der Waals surface area contributed by atoms with Crippen LogP contribution < -0.4 is 5.32 Å². The topological polar surface area (TPSA) is 58.6 Å². The molecule has 5 nitrogen and oxygen atoms in total. The molecule has 1 N–H and O–H groups in total. The van der Waals surface area contributed by atoms with Crippen molar-refractivity contribution in [1.29, 1.82) is 0 Å². The van der Waals surface area contributed by atoms with Gasteiger partial charge in [0, 0.05) is 19.6 Å². The highest BCUT2D eigenvalue weighted by Crippen LogP contribution is 2.14. The molecule has 1 atom stereocenters. The molecule has 0 aliphatic carbocycles. The van der Waals surface area contributed by atoms with Crippen molar-refractivity contribution in [3.8, 4) is 0 Å². The van der Waals surface area contributed by atoms with Gasteiger partial charge in [-0.3, -0.25) is 14.5 Å². The van der Waals surface area contributed by atoms with Crippen LogP contribution in [-0.4, -0.2) is 42.5 Å². The van der Waals surface area contributed by atoms with E-state index >= 15 is 0 Å². The van der Waals surface area contributed by atoms with Crippen LogP contribution in [0.2, 0.25) is 0 Å². The summed E-state index contributed by atoms with van der Waals surface area (Å²) in [7, 11) is 0. The minimum Gasteiger partial charge on any atom is -0.466 e. The van der Waals surface area contributed by atoms with Crippen LogP contribution in [0.5, 0.6) is 0 Å². The minimum atomic E-state index is -0.441. The standard InChI is InChI=1S/C16H22N2O3/c1-2-10-21-15(19)11-14-16(20)17-8-9-18(14)12-13-6-4-3-5-7-13/h3-7,14H,2,8-12H2,1H3,(H,17,20)/t14-/m0/s1. The van der Waals surface area contributed by atoms with Gasteiger partial charge in [0.1, 0.15) is 6.04 Å². The maximum absolute atomic E-state index is 12.0. The summed E-state index contributed by atoms with van der Waals surface area (Å²) in [4.78, 5) is 25.9. The van der Waals surface area contributed by atoms with Gasteiger partial charge in [-0.25, -0.2) is 0 Å². The second kappa shape index (κ2) is 7.78. The predicted octanol–water partition coefficient (Wildman–Crippen LogP) is 1.33. The fourth-order valence-corrected chi connectivity index (χ4v) is 2.42. The zero-order valence-electron chi connectivity index (χ0n) is 12.4. The van der Waals surface area contributed by atoms with E-state index in [1.165, 1.54) is 0 Å². The first-order chi connectivity index (χ1) is 10.2. The summed E-state index contributed by atoms with van der Waals surface area (Å²) in [5, 5.41) is 2.82. The molecule has 1 aromatic carbocycles. The Hall–Kier alpha value is -1.88. The van der Waals surface area contributed by atoms with E-state index < -0.39 is 6.04 Å². The lowest BCUT2D eigenvalue weighted by molar-refractivity contribution is -0.148. The van der Waals surface area contributed by atoms with Crippen molar-refractivity contribution < 1.29 is 14.3 Å². The lowest BCUT2D eigenvalue weighted by atomic mass is 10.1. The Bertz CT molecular complexity index is 476. The van der Waals surface area contributed by atoms with Crippen LogP contribution in [0.15, 0.2) is 30.3 Å². The molecular weight excluding hydrogens is 268 g/mol. The number of nitrogens with zero attached hydrogens (tertiary/aromatic N) is 1. The van der Waals surface area contributed by atoms with Gasteiger partial charge >= 0.3 is 5.97 Å². The SMILES string of the molecule is CCCOC(=O)C[C@H]1C(=O)NCCN1Cc1ccccc1. The monoisotopic (exact) mass is 290 g/mol. The molecule has 0 bridgehead atoms. The summed E-state index contributed by atoms with van der Waals surface area (Å²) >= 11 is 0. The number of amides is 1. The number of rotatable bonds is 6. The second-order valence-electron chi connectivity index (χ2n) is 5.19. The van der Waals surface area contributed by atoms with E-state index in [1.807, 2.05) is 42.2 Å². The number of ether oxygens (including phenoxy) is 1. The predicted molar refractivity (Wildman–Crippen MR) is 79.5 cm³/mol. The maximum atomic E-state index is 12.0. The van der Waals surface area contributed by atoms with Crippen LogP contribution in [0.4, 0.5) is 0 Å². The molecule has 1 aliphatic heterocycles. The van der Waals surface area contributed by atoms with Crippen LogP contribution in [0, 0.1) is 0 Å². The molecule has 1 heterocycles. The first-order valence-electron chi connectivity index (χ1n) is 7.42. The van der Waals surface area contributed by atoms with Crippen molar-refractivity contribution in [3.05, 3.63) is 35.9 Å². The summed E-state index contributed by atoms with van der Waals surface area (Å²) in [5.41, 5.74) is 1.14. The molecule has 2 rings (SSSR count). The van der Waals surface area contributed by atoms with Gasteiger partial charge in [0.25, 0.3) is 0 Å². The van der Waals surface area contributed by atoms with Gasteiger partial charge in [0.15, 0.2) is 0 Å². The Balaban J connectivity index is 1.99. The van der Waals surface area contributed by atoms with Gasteiger partial charge in [-0.1, -0.05) is 37.3 Å². The number of nitrogens with one attached hydrogen (secondary N) is 1. The third-order valence-electron chi connectivity index (χ3n) is 3.50. The third-order valence-corrected chi connectivity index (χ3v) is 3.50. The molecule has 114 valence electrons. The van der Waals surface area contributed by atoms with Crippen molar-refractivity contribution >= 4 is 11.9 Å². The van der Waals surface area contributed by atoms with Crippen LogP contribution in [0.1, 0.15) is 25.3 Å². The molecule has 1 saturated heterocycles. The number of esters is 1. The average molecular weight is 290 g/mol. The molecule has 21 heavy (non-hydrogen) atoms. The van der Waals surface area contributed by atoms with Gasteiger partial charge in [0.05, 0.1) is 13.0 Å². The molecule has 0 radical (unpaired) electrons. The number of carbonyl (C=O) groups excluding carboxylic acids is 2. The van der Waals surface area contributed by atoms with E-state index in [2.05, 4.69) is 5.32 Å². The molecule has 0 aromatic heterocycles. The van der Waals surface area contributed by atoms with E-state index in [1.54, 1.807) is 0 Å². The maximum Gasteiger partial charge on any atom is 0.307 e. The van der Waals surface area contributed by atoms with Crippen molar-refractivity contribution in [2.45, 2.75) is 32.4 Å². The molecule has 1 aromatic rings. The van der Waals surface area contributed by atoms with Gasteiger partial charge in [-0.05, 0) is 12.0 Å². The summed E-state index contributed by atoms with van der Waals surface area (Å²) in [6.07, 6.45) is 0.898. The van der Waals surface area contributed by atoms with Gasteiger partial charge in [-0.2, -0.15) is 0 Å². The highest BCUT2D eigenvalue weighted by atomic mass is 16.5. The molecule has 1 fully saturated rings. The quantitative estimate of drug-likeness (QED) is 0.803. The Morgan fingerprint density at radius 3 is 2.86 bits per heavy atom. The largest absolute Gasteiger partial charge is 0.466 e. The van der Waals surface area contributed by atoms with Crippen LogP contribution in [-0.2, 0) is 20.9 Å². The number of hydrogen-bond donors (Lipinski definition) is 1. The smallest absolute Gasteiger partial charge is 0.307 e. The number of carbonyl (C=O) groups is 2. The molecular formula is C16H22N2O3. The third kappa shape index (κ3) is 4.56. The zero-order valence-corrected chi connectivity index (χ0v) is 12.4. The van der Waals surface area contributed by atoms with E-state index in [0.717, 1.165) is 18.5 Å². The normalized spacial score (nSPS) is 19.1. The highest BCUT2D eigenvalue weighted by molar-refractivity contribution is 5.87. The molecule has 0 spiro atoms. The molecule has 5 heteroatoms. The van der Waals surface area contributed by atoms with Gasteiger partial charge < -0.3 is 10.1 Å². The lowest BCUT2D eigenvalue weighted by Crippen LogP contribution is -2.55. The van der Waals surface area contributed by atoms with Crippen LogP contribution in [0.3, 0.4) is 0 Å². The van der Waals surface area contributed by atoms with Crippen LogP contribution >= 0.6 is 0 Å². The van der Waals surface area contributed by atoms with E-state index in [0.29, 0.717) is 19.7 Å². The number of hydrogen-bond acceptors (Lipinski definition) is 4. The molecule has 1 aliphatic rings.